The molecule has 0 atom stereocenters. The molecule has 1 N–H and O–H groups in total. The van der Waals surface area contributed by atoms with Crippen molar-refractivity contribution in [2.24, 2.45) is 0 Å². The lowest BCUT2D eigenvalue weighted by molar-refractivity contribution is 0.0531. The summed E-state index contributed by atoms with van der Waals surface area (Å²) in [6.45, 7) is 1.17. The highest BCUT2D eigenvalue weighted by Crippen LogP contribution is 2.15. The van der Waals surface area contributed by atoms with E-state index in [0.29, 0.717) is 13.1 Å². The van der Waals surface area contributed by atoms with Crippen molar-refractivity contribution >= 4 is 17.8 Å². The Bertz CT molecular complexity index is 860. The van der Waals surface area contributed by atoms with Gasteiger partial charge in [0.25, 0.3) is 11.8 Å². The summed E-state index contributed by atoms with van der Waals surface area (Å²) < 4.78 is 13.3. The maximum Gasteiger partial charge on any atom is 0.336 e. The lowest BCUT2D eigenvalue weighted by Gasteiger charge is -2.35. The lowest BCUT2D eigenvalue weighted by atomic mass is 10.1. The number of hydrogen-bond acceptors (Lipinski definition) is 3. The van der Waals surface area contributed by atoms with Gasteiger partial charge in [-0.15, -0.1) is 0 Å². The fraction of sp³-hybridized carbons (Fsp3) is 0.211. The lowest BCUT2D eigenvalue weighted by Crippen LogP contribution is -2.50. The van der Waals surface area contributed by atoms with Gasteiger partial charge in [0.15, 0.2) is 0 Å². The Balaban J connectivity index is 1.68. The fourth-order valence-electron chi connectivity index (χ4n) is 2.94. The molecule has 2 aromatic carbocycles. The molecule has 1 heterocycles. The largest absolute Gasteiger partial charge is 0.478 e. The number of benzene rings is 2. The Kier molecular flexibility index (Phi) is 4.97. The minimum atomic E-state index is -1.16. The number of hydrogen-bond donors (Lipinski definition) is 1. The molecule has 0 radical (unpaired) electrons. The second kappa shape index (κ2) is 7.35. The molecule has 3 rings (SSSR count). The van der Waals surface area contributed by atoms with Gasteiger partial charge in [0.1, 0.15) is 5.82 Å². The molecule has 26 heavy (non-hydrogen) atoms. The van der Waals surface area contributed by atoms with Gasteiger partial charge in [0.05, 0.1) is 11.1 Å². The number of halogens is 1. The molecule has 1 saturated heterocycles. The van der Waals surface area contributed by atoms with Gasteiger partial charge in [-0.1, -0.05) is 18.2 Å². The molecule has 1 aliphatic heterocycles. The number of aromatic carboxylic acids is 1. The first kappa shape index (κ1) is 17.6. The number of carbonyl (C=O) groups is 3. The molecule has 0 unspecified atom stereocenters. The number of piperazine rings is 1. The monoisotopic (exact) mass is 356 g/mol. The van der Waals surface area contributed by atoms with Crippen molar-refractivity contribution in [3.63, 3.8) is 0 Å². The van der Waals surface area contributed by atoms with Crippen molar-refractivity contribution in [3.05, 3.63) is 71.0 Å². The number of carboxylic acids is 1. The van der Waals surface area contributed by atoms with Crippen LogP contribution in [0, 0.1) is 5.82 Å². The summed E-state index contributed by atoms with van der Waals surface area (Å²) in [5.41, 5.74) is 0.349. The van der Waals surface area contributed by atoms with E-state index in [1.165, 1.54) is 35.2 Å². The van der Waals surface area contributed by atoms with Gasteiger partial charge < -0.3 is 14.9 Å². The maximum atomic E-state index is 13.3. The van der Waals surface area contributed by atoms with E-state index in [0.717, 1.165) is 0 Å². The third-order valence-electron chi connectivity index (χ3n) is 4.31. The van der Waals surface area contributed by atoms with Gasteiger partial charge in [-0.05, 0) is 30.3 Å². The highest BCUT2D eigenvalue weighted by Gasteiger charge is 2.27. The van der Waals surface area contributed by atoms with Crippen molar-refractivity contribution in [2.45, 2.75) is 0 Å². The van der Waals surface area contributed by atoms with Crippen molar-refractivity contribution < 1.29 is 23.9 Å². The zero-order chi connectivity index (χ0) is 18.7. The SMILES string of the molecule is O=C(O)c1ccccc1C(=O)N1CCN(C(=O)c2cccc(F)c2)CC1. The molecule has 7 heteroatoms. The molecular weight excluding hydrogens is 339 g/mol. The van der Waals surface area contributed by atoms with Gasteiger partial charge in [0, 0.05) is 31.7 Å². The second-order valence-electron chi connectivity index (χ2n) is 5.95. The van der Waals surface area contributed by atoms with Gasteiger partial charge in [-0.3, -0.25) is 9.59 Å². The Labute approximate surface area is 149 Å². The third-order valence-corrected chi connectivity index (χ3v) is 4.31. The fourth-order valence-corrected chi connectivity index (χ4v) is 2.94. The van der Waals surface area contributed by atoms with Crippen LogP contribution in [0.3, 0.4) is 0 Å². The van der Waals surface area contributed by atoms with Crippen LogP contribution in [0.15, 0.2) is 48.5 Å². The van der Waals surface area contributed by atoms with Crippen molar-refractivity contribution in [2.75, 3.05) is 26.2 Å². The normalized spacial score (nSPS) is 14.2. The molecule has 134 valence electrons. The minimum absolute atomic E-state index is 0.0456. The summed E-state index contributed by atoms with van der Waals surface area (Å²) in [5, 5.41) is 9.22. The minimum Gasteiger partial charge on any atom is -0.478 e. The van der Waals surface area contributed by atoms with Crippen LogP contribution in [-0.4, -0.2) is 58.9 Å². The standard InChI is InChI=1S/C19H17FN2O4/c20-14-5-3-4-13(12-14)17(23)21-8-10-22(11-9-21)18(24)15-6-1-2-7-16(15)19(25)26/h1-7,12H,8-11H2,(H,25,26). The van der Waals surface area contributed by atoms with Gasteiger partial charge >= 0.3 is 5.97 Å². The second-order valence-corrected chi connectivity index (χ2v) is 5.95. The molecule has 0 saturated carbocycles. The summed E-state index contributed by atoms with van der Waals surface area (Å²) in [6, 6.07) is 11.5. The van der Waals surface area contributed by atoms with E-state index in [4.69, 9.17) is 0 Å². The summed E-state index contributed by atoms with van der Waals surface area (Å²) >= 11 is 0. The van der Waals surface area contributed by atoms with Crippen LogP contribution in [0.25, 0.3) is 0 Å². The molecule has 1 fully saturated rings. The van der Waals surface area contributed by atoms with Crippen LogP contribution in [0.1, 0.15) is 31.1 Å². The molecule has 6 nitrogen and oxygen atoms in total. The molecule has 0 spiro atoms. The average molecular weight is 356 g/mol. The van der Waals surface area contributed by atoms with Gasteiger partial charge in [-0.2, -0.15) is 0 Å². The summed E-state index contributed by atoms with van der Waals surface area (Å²) in [4.78, 5) is 39.4. The predicted molar refractivity (Wildman–Crippen MR) is 91.6 cm³/mol. The number of amides is 2. The van der Waals surface area contributed by atoms with Crippen molar-refractivity contribution in [1.29, 1.82) is 0 Å². The van der Waals surface area contributed by atoms with Gasteiger partial charge in [-0.25, -0.2) is 9.18 Å². The Morgan fingerprint density at radius 1 is 0.808 bits per heavy atom. The van der Waals surface area contributed by atoms with Crippen LogP contribution in [-0.2, 0) is 0 Å². The molecule has 2 amide bonds. The number of carboxylic acid groups (broad SMARTS) is 1. The van der Waals surface area contributed by atoms with E-state index in [2.05, 4.69) is 0 Å². The van der Waals surface area contributed by atoms with Crippen LogP contribution in [0.5, 0.6) is 0 Å². The smallest absolute Gasteiger partial charge is 0.336 e. The van der Waals surface area contributed by atoms with Crippen LogP contribution in [0.2, 0.25) is 0 Å². The van der Waals surface area contributed by atoms with E-state index in [-0.39, 0.29) is 41.6 Å². The number of rotatable bonds is 3. The van der Waals surface area contributed by atoms with Crippen LogP contribution < -0.4 is 0 Å². The third kappa shape index (κ3) is 3.56. The predicted octanol–water partition coefficient (Wildman–Crippen LogP) is 2.12. The molecule has 2 aromatic rings. The van der Waals surface area contributed by atoms with Crippen molar-refractivity contribution in [1.82, 2.24) is 9.80 Å². The van der Waals surface area contributed by atoms with E-state index in [1.54, 1.807) is 23.1 Å². The average Bonchev–Trinajstić information content (AvgIpc) is 2.67. The molecular formula is C19H17FN2O4. The topological polar surface area (TPSA) is 77.9 Å². The first-order valence-electron chi connectivity index (χ1n) is 8.14. The van der Waals surface area contributed by atoms with E-state index in [9.17, 15) is 23.9 Å². The maximum absolute atomic E-state index is 13.3. The molecule has 1 aliphatic rings. The number of carbonyl (C=O) groups excluding carboxylic acids is 2. The Hall–Kier alpha value is -3.22. The summed E-state index contributed by atoms with van der Waals surface area (Å²) in [5.74, 6) is -2.30. The first-order valence-corrected chi connectivity index (χ1v) is 8.14. The number of nitrogens with zero attached hydrogens (tertiary/aromatic N) is 2. The van der Waals surface area contributed by atoms with E-state index in [1.807, 2.05) is 0 Å². The quantitative estimate of drug-likeness (QED) is 0.914. The first-order chi connectivity index (χ1) is 12.5. The highest BCUT2D eigenvalue weighted by molar-refractivity contribution is 6.04. The molecule has 0 aromatic heterocycles. The van der Waals surface area contributed by atoms with Crippen LogP contribution in [0.4, 0.5) is 4.39 Å². The Morgan fingerprint density at radius 2 is 1.38 bits per heavy atom. The van der Waals surface area contributed by atoms with Gasteiger partial charge in [0.2, 0.25) is 0 Å². The van der Waals surface area contributed by atoms with E-state index >= 15 is 0 Å². The Morgan fingerprint density at radius 3 is 1.96 bits per heavy atom. The molecule has 0 aliphatic carbocycles. The van der Waals surface area contributed by atoms with Crippen LogP contribution >= 0.6 is 0 Å². The van der Waals surface area contributed by atoms with Crippen molar-refractivity contribution in [3.8, 4) is 0 Å². The molecule has 0 bridgehead atoms. The summed E-state index contributed by atoms with van der Waals surface area (Å²) in [7, 11) is 0. The zero-order valence-electron chi connectivity index (χ0n) is 13.9. The summed E-state index contributed by atoms with van der Waals surface area (Å²) in [6.07, 6.45) is 0. The zero-order valence-corrected chi connectivity index (χ0v) is 13.9. The highest BCUT2D eigenvalue weighted by atomic mass is 19.1. The van der Waals surface area contributed by atoms with E-state index < -0.39 is 11.8 Å².